The average Bonchev–Trinajstić information content (AvgIpc) is 3.07. The molecule has 1 aromatic carbocycles. The number of rotatable bonds is 4. The van der Waals surface area contributed by atoms with Gasteiger partial charge in [-0.3, -0.25) is 0 Å². The molecule has 2 aromatic heterocycles. The van der Waals surface area contributed by atoms with E-state index in [1.807, 2.05) is 32.0 Å². The number of benzene rings is 1. The Hall–Kier alpha value is -2.89. The van der Waals surface area contributed by atoms with Crippen molar-refractivity contribution < 1.29 is 9.47 Å². The van der Waals surface area contributed by atoms with Crippen LogP contribution in [0.25, 0.3) is 16.9 Å². The lowest BCUT2D eigenvalue weighted by atomic mass is 10.1. The van der Waals surface area contributed by atoms with E-state index < -0.39 is 0 Å². The van der Waals surface area contributed by atoms with Crippen LogP contribution in [0.15, 0.2) is 36.7 Å². The molecule has 0 aliphatic carbocycles. The van der Waals surface area contributed by atoms with Gasteiger partial charge in [0.05, 0.1) is 31.8 Å². The molecule has 0 radical (unpaired) electrons. The maximum absolute atomic E-state index is 5.45. The van der Waals surface area contributed by atoms with Gasteiger partial charge in [0.25, 0.3) is 0 Å². The van der Waals surface area contributed by atoms with Crippen molar-refractivity contribution in [2.24, 2.45) is 0 Å². The summed E-state index contributed by atoms with van der Waals surface area (Å²) < 4.78 is 12.3. The van der Waals surface area contributed by atoms with E-state index in [1.165, 1.54) is 0 Å². The van der Waals surface area contributed by atoms with E-state index in [0.29, 0.717) is 5.88 Å². The summed E-state index contributed by atoms with van der Waals surface area (Å²) in [6.45, 7) is 4.08. The molecule has 0 spiro atoms. The lowest BCUT2D eigenvalue weighted by molar-refractivity contribution is 0.398. The van der Waals surface area contributed by atoms with Gasteiger partial charge in [-0.05, 0) is 37.1 Å². The van der Waals surface area contributed by atoms with Gasteiger partial charge in [-0.25, -0.2) is 9.67 Å². The molecule has 0 bridgehead atoms. The first-order valence-corrected chi connectivity index (χ1v) is 7.20. The van der Waals surface area contributed by atoms with Crippen molar-refractivity contribution in [1.29, 1.82) is 0 Å². The lowest BCUT2D eigenvalue weighted by Crippen LogP contribution is -2.02. The van der Waals surface area contributed by atoms with Crippen molar-refractivity contribution in [1.82, 2.24) is 20.0 Å². The molecule has 0 saturated heterocycles. The Bertz CT molecular complexity index is 825. The normalized spacial score (nSPS) is 10.6. The van der Waals surface area contributed by atoms with Gasteiger partial charge < -0.3 is 9.47 Å². The molecule has 3 rings (SSSR count). The summed E-state index contributed by atoms with van der Waals surface area (Å²) in [5.41, 5.74) is 4.91. The Morgan fingerprint density at radius 3 is 2.48 bits per heavy atom. The Kier molecular flexibility index (Phi) is 3.97. The summed E-state index contributed by atoms with van der Waals surface area (Å²) in [5.74, 6) is 1.40. The summed E-state index contributed by atoms with van der Waals surface area (Å²) in [6, 6.07) is 7.76. The number of aryl methyl sites for hydroxylation is 1. The molecule has 6 heteroatoms. The van der Waals surface area contributed by atoms with Gasteiger partial charge in [0.1, 0.15) is 5.75 Å². The summed E-state index contributed by atoms with van der Waals surface area (Å²) in [7, 11) is 3.26. The molecule has 118 valence electrons. The Morgan fingerprint density at radius 2 is 1.83 bits per heavy atom. The zero-order chi connectivity index (χ0) is 16.4. The summed E-state index contributed by atoms with van der Waals surface area (Å²) in [6.07, 6.45) is 3.46. The second-order valence-corrected chi connectivity index (χ2v) is 5.21. The van der Waals surface area contributed by atoms with Crippen LogP contribution in [0.2, 0.25) is 0 Å². The Labute approximate surface area is 134 Å². The van der Waals surface area contributed by atoms with E-state index >= 15 is 0 Å². The SMILES string of the molecule is COc1ccc(-c2cnnn2-c2cc(C)c(C)c(OC)c2)cn1. The Morgan fingerprint density at radius 1 is 1.00 bits per heavy atom. The van der Waals surface area contributed by atoms with E-state index in [4.69, 9.17) is 9.47 Å². The van der Waals surface area contributed by atoms with Gasteiger partial charge in [-0.2, -0.15) is 0 Å². The molecule has 23 heavy (non-hydrogen) atoms. The van der Waals surface area contributed by atoms with E-state index in [9.17, 15) is 0 Å². The maximum Gasteiger partial charge on any atom is 0.212 e. The van der Waals surface area contributed by atoms with Crippen molar-refractivity contribution in [3.05, 3.63) is 47.8 Å². The first kappa shape index (κ1) is 15.0. The molecule has 3 aromatic rings. The first-order valence-electron chi connectivity index (χ1n) is 7.20. The highest BCUT2D eigenvalue weighted by Gasteiger charge is 2.12. The maximum atomic E-state index is 5.45. The minimum absolute atomic E-state index is 0.570. The topological polar surface area (TPSA) is 62.1 Å². The second kappa shape index (κ2) is 6.08. The third-order valence-corrected chi connectivity index (χ3v) is 3.86. The molecular weight excluding hydrogens is 292 g/mol. The van der Waals surface area contributed by atoms with E-state index in [-0.39, 0.29) is 0 Å². The van der Waals surface area contributed by atoms with Crippen LogP contribution in [-0.4, -0.2) is 34.2 Å². The highest BCUT2D eigenvalue weighted by atomic mass is 16.5. The van der Waals surface area contributed by atoms with Crippen LogP contribution >= 0.6 is 0 Å². The van der Waals surface area contributed by atoms with Gasteiger partial charge in [-0.1, -0.05) is 5.21 Å². The zero-order valence-electron chi connectivity index (χ0n) is 13.6. The second-order valence-electron chi connectivity index (χ2n) is 5.21. The molecule has 0 saturated carbocycles. The average molecular weight is 310 g/mol. The Balaban J connectivity index is 2.09. The van der Waals surface area contributed by atoms with Crippen LogP contribution in [0.4, 0.5) is 0 Å². The van der Waals surface area contributed by atoms with Crippen molar-refractivity contribution in [2.75, 3.05) is 14.2 Å². The number of methoxy groups -OCH3 is 2. The van der Waals surface area contributed by atoms with Crippen LogP contribution < -0.4 is 9.47 Å². The van der Waals surface area contributed by atoms with Gasteiger partial charge >= 0.3 is 0 Å². The fraction of sp³-hybridized carbons (Fsp3) is 0.235. The minimum atomic E-state index is 0.570. The lowest BCUT2D eigenvalue weighted by Gasteiger charge is -2.12. The van der Waals surface area contributed by atoms with Crippen LogP contribution in [-0.2, 0) is 0 Å². The molecular formula is C17H18N4O2. The number of hydrogen-bond acceptors (Lipinski definition) is 5. The van der Waals surface area contributed by atoms with Gasteiger partial charge in [0.2, 0.25) is 5.88 Å². The molecule has 0 atom stereocenters. The van der Waals surface area contributed by atoms with Crippen molar-refractivity contribution >= 4 is 0 Å². The van der Waals surface area contributed by atoms with Crippen molar-refractivity contribution in [3.8, 4) is 28.6 Å². The van der Waals surface area contributed by atoms with Gasteiger partial charge in [0, 0.05) is 23.9 Å². The van der Waals surface area contributed by atoms with Gasteiger partial charge in [0.15, 0.2) is 0 Å². The summed E-state index contributed by atoms with van der Waals surface area (Å²) >= 11 is 0. The molecule has 0 N–H and O–H groups in total. The van der Waals surface area contributed by atoms with Gasteiger partial charge in [-0.15, -0.1) is 5.10 Å². The van der Waals surface area contributed by atoms with Crippen LogP contribution in [0.1, 0.15) is 11.1 Å². The summed E-state index contributed by atoms with van der Waals surface area (Å²) in [4.78, 5) is 4.24. The van der Waals surface area contributed by atoms with Crippen LogP contribution in [0.3, 0.4) is 0 Å². The van der Waals surface area contributed by atoms with E-state index in [2.05, 4.69) is 21.4 Å². The monoisotopic (exact) mass is 310 g/mol. The minimum Gasteiger partial charge on any atom is -0.496 e. The van der Waals surface area contributed by atoms with E-state index in [0.717, 1.165) is 33.8 Å². The molecule has 0 aliphatic rings. The fourth-order valence-corrected chi connectivity index (χ4v) is 2.42. The highest BCUT2D eigenvalue weighted by Crippen LogP contribution is 2.28. The van der Waals surface area contributed by atoms with Crippen LogP contribution in [0.5, 0.6) is 11.6 Å². The zero-order valence-corrected chi connectivity index (χ0v) is 13.6. The molecule has 6 nitrogen and oxygen atoms in total. The highest BCUT2D eigenvalue weighted by molar-refractivity contribution is 5.61. The number of nitrogens with zero attached hydrogens (tertiary/aromatic N) is 4. The van der Waals surface area contributed by atoms with Crippen molar-refractivity contribution in [2.45, 2.75) is 13.8 Å². The third kappa shape index (κ3) is 2.75. The quantitative estimate of drug-likeness (QED) is 0.741. The predicted molar refractivity (Wildman–Crippen MR) is 87.2 cm³/mol. The largest absolute Gasteiger partial charge is 0.496 e. The fourth-order valence-electron chi connectivity index (χ4n) is 2.42. The molecule has 0 aliphatic heterocycles. The number of aromatic nitrogens is 4. The van der Waals surface area contributed by atoms with E-state index in [1.54, 1.807) is 31.3 Å². The molecule has 0 amide bonds. The smallest absolute Gasteiger partial charge is 0.212 e. The first-order chi connectivity index (χ1) is 11.1. The standard InChI is InChI=1S/C17H18N4O2/c1-11-7-14(8-16(22-3)12(11)2)21-15(10-19-20-21)13-5-6-17(23-4)18-9-13/h5-10H,1-4H3. The number of ether oxygens (including phenoxy) is 2. The molecule has 0 unspecified atom stereocenters. The molecule has 0 fully saturated rings. The van der Waals surface area contributed by atoms with Crippen molar-refractivity contribution in [3.63, 3.8) is 0 Å². The predicted octanol–water partition coefficient (Wildman–Crippen LogP) is 2.96. The van der Waals surface area contributed by atoms with Crippen LogP contribution in [0, 0.1) is 13.8 Å². The number of hydrogen-bond donors (Lipinski definition) is 0. The molecule has 2 heterocycles. The summed E-state index contributed by atoms with van der Waals surface area (Å²) in [5, 5.41) is 8.24. The third-order valence-electron chi connectivity index (χ3n) is 3.86. The number of pyridine rings is 1.